The minimum absolute atomic E-state index is 0.273. The van der Waals surface area contributed by atoms with E-state index in [1.54, 1.807) is 12.1 Å². The number of aromatic nitrogens is 1. The number of hydrogen-bond donors (Lipinski definition) is 2. The highest BCUT2D eigenvalue weighted by molar-refractivity contribution is 6.23. The Morgan fingerprint density at radius 2 is 1.82 bits per heavy atom. The van der Waals surface area contributed by atoms with Gasteiger partial charge in [-0.05, 0) is 24.3 Å². The van der Waals surface area contributed by atoms with E-state index in [-0.39, 0.29) is 5.82 Å². The highest BCUT2D eigenvalue weighted by Crippen LogP contribution is 2.24. The second-order valence-electron chi connectivity index (χ2n) is 3.23. The lowest BCUT2D eigenvalue weighted by atomic mass is 10.3. The molecule has 17 heavy (non-hydrogen) atoms. The van der Waals surface area contributed by atoms with Gasteiger partial charge in [0.25, 0.3) is 0 Å². The Bertz CT molecular complexity index is 527. The van der Waals surface area contributed by atoms with E-state index in [9.17, 15) is 0 Å². The number of benzene rings is 1. The average molecular weight is 248 g/mol. The summed E-state index contributed by atoms with van der Waals surface area (Å²) in [6, 6.07) is 12.7. The molecule has 0 radical (unpaired) electrons. The van der Waals surface area contributed by atoms with Crippen molar-refractivity contribution >= 4 is 34.8 Å². The van der Waals surface area contributed by atoms with E-state index >= 15 is 0 Å². The van der Waals surface area contributed by atoms with Crippen molar-refractivity contribution in [2.45, 2.75) is 0 Å². The fraction of sp³-hybridized carbons (Fsp3) is 0. The topological polar surface area (TPSA) is 75.7 Å². The molecule has 2 rings (SSSR count). The summed E-state index contributed by atoms with van der Waals surface area (Å²) in [5, 5.41) is 8.06. The molecule has 0 unspecified atom stereocenters. The molecule has 0 bridgehead atoms. The molecule has 0 saturated heterocycles. The average Bonchev–Trinajstić information content (AvgIpc) is 2.38. The van der Waals surface area contributed by atoms with Crippen LogP contribution in [-0.2, 0) is 0 Å². The molecule has 0 aliphatic carbocycles. The third-order valence-corrected chi connectivity index (χ3v) is 2.22. The zero-order valence-corrected chi connectivity index (χ0v) is 9.59. The van der Waals surface area contributed by atoms with E-state index in [0.717, 1.165) is 5.69 Å². The summed E-state index contributed by atoms with van der Waals surface area (Å²) in [6.45, 7) is 0. The van der Waals surface area contributed by atoms with Crippen molar-refractivity contribution in [2.24, 2.45) is 10.2 Å². The van der Waals surface area contributed by atoms with Gasteiger partial charge in [0.05, 0.1) is 5.69 Å². The van der Waals surface area contributed by atoms with E-state index in [2.05, 4.69) is 20.0 Å². The van der Waals surface area contributed by atoms with Gasteiger partial charge in [-0.1, -0.05) is 18.2 Å². The number of azo groups is 1. The molecule has 0 spiro atoms. The van der Waals surface area contributed by atoms with Gasteiger partial charge in [0.1, 0.15) is 11.5 Å². The van der Waals surface area contributed by atoms with Gasteiger partial charge in [0.2, 0.25) is 0 Å². The summed E-state index contributed by atoms with van der Waals surface area (Å²) in [7, 11) is 0. The molecule has 0 saturated carbocycles. The van der Waals surface area contributed by atoms with Gasteiger partial charge >= 0.3 is 0 Å². The molecule has 5 nitrogen and oxygen atoms in total. The molecule has 1 heterocycles. The van der Waals surface area contributed by atoms with Crippen molar-refractivity contribution in [1.29, 1.82) is 0 Å². The van der Waals surface area contributed by atoms with Crippen molar-refractivity contribution in [1.82, 2.24) is 4.98 Å². The van der Waals surface area contributed by atoms with Crippen molar-refractivity contribution in [2.75, 3.05) is 10.6 Å². The monoisotopic (exact) mass is 247 g/mol. The first-order valence-corrected chi connectivity index (χ1v) is 5.27. The van der Waals surface area contributed by atoms with Crippen molar-refractivity contribution in [3.8, 4) is 0 Å². The first-order chi connectivity index (χ1) is 8.29. The summed E-state index contributed by atoms with van der Waals surface area (Å²) >= 11 is 5.40. The number of pyridine rings is 1. The van der Waals surface area contributed by atoms with Crippen molar-refractivity contribution in [3.63, 3.8) is 0 Å². The van der Waals surface area contributed by atoms with Crippen LogP contribution in [0.5, 0.6) is 0 Å². The van der Waals surface area contributed by atoms with Gasteiger partial charge in [-0.25, -0.2) is 4.98 Å². The van der Waals surface area contributed by atoms with Crippen LogP contribution in [0.15, 0.2) is 52.7 Å². The van der Waals surface area contributed by atoms with Crippen LogP contribution in [0.1, 0.15) is 0 Å². The third kappa shape index (κ3) is 2.92. The maximum atomic E-state index is 5.70. The molecular formula is C11H10ClN5. The Morgan fingerprint density at radius 3 is 2.47 bits per heavy atom. The molecule has 6 heteroatoms. The lowest BCUT2D eigenvalue weighted by Gasteiger charge is -2.00. The Balaban J connectivity index is 2.22. The second kappa shape index (κ2) is 5.27. The Labute approximate surface area is 103 Å². The van der Waals surface area contributed by atoms with Crippen LogP contribution in [0.3, 0.4) is 0 Å². The first kappa shape index (κ1) is 11.3. The van der Waals surface area contributed by atoms with Crippen LogP contribution in [0, 0.1) is 0 Å². The molecule has 0 aliphatic rings. The van der Waals surface area contributed by atoms with Crippen LogP contribution < -0.4 is 10.6 Å². The first-order valence-electron chi connectivity index (χ1n) is 4.89. The van der Waals surface area contributed by atoms with Gasteiger partial charge in [-0.15, -0.1) is 5.11 Å². The predicted octanol–water partition coefficient (Wildman–Crippen LogP) is 3.64. The third-order valence-electron chi connectivity index (χ3n) is 2.03. The number of rotatable bonds is 3. The number of hydrogen-bond acceptors (Lipinski definition) is 5. The zero-order valence-electron chi connectivity index (χ0n) is 8.84. The predicted molar refractivity (Wildman–Crippen MR) is 68.7 cm³/mol. The largest absolute Gasteiger partial charge is 0.382 e. The Morgan fingerprint density at radius 1 is 1.06 bits per heavy atom. The van der Waals surface area contributed by atoms with E-state index in [4.69, 9.17) is 17.5 Å². The molecular weight excluding hydrogens is 238 g/mol. The highest BCUT2D eigenvalue weighted by Gasteiger charge is 2.00. The number of halogens is 1. The van der Waals surface area contributed by atoms with Crippen LogP contribution in [0.25, 0.3) is 0 Å². The van der Waals surface area contributed by atoms with E-state index < -0.39 is 0 Å². The number of anilines is 2. The smallest absolute Gasteiger partial charge is 0.153 e. The molecule has 1 aromatic heterocycles. The van der Waals surface area contributed by atoms with Crippen molar-refractivity contribution in [3.05, 3.63) is 42.5 Å². The minimum atomic E-state index is 0.273. The maximum absolute atomic E-state index is 5.70. The number of nitrogen functional groups attached to an aromatic ring is 1. The molecule has 0 fully saturated rings. The van der Waals surface area contributed by atoms with Gasteiger partial charge in [0, 0.05) is 11.8 Å². The van der Waals surface area contributed by atoms with Crippen LogP contribution in [0.2, 0.25) is 0 Å². The lowest BCUT2D eigenvalue weighted by molar-refractivity contribution is 1.21. The fourth-order valence-corrected chi connectivity index (χ4v) is 1.32. The number of nitrogens with two attached hydrogens (primary N) is 1. The van der Waals surface area contributed by atoms with Gasteiger partial charge in [-0.3, -0.25) is 4.84 Å². The standard InChI is InChI=1S/C11H10ClN5/c12-15-10-7-6-9(11(13)14-10)17-16-8-4-2-1-3-5-8/h1-7H,(H3,13,14,15)/b17-16+. The molecule has 0 amide bonds. The summed E-state index contributed by atoms with van der Waals surface area (Å²) in [4.78, 5) is 6.36. The SMILES string of the molecule is Nc1nc(NCl)ccc1/N=N/c1ccccc1. The van der Waals surface area contributed by atoms with Crippen LogP contribution in [0.4, 0.5) is 23.0 Å². The van der Waals surface area contributed by atoms with E-state index in [0.29, 0.717) is 11.5 Å². The maximum Gasteiger partial charge on any atom is 0.153 e. The minimum Gasteiger partial charge on any atom is -0.382 e. The van der Waals surface area contributed by atoms with Gasteiger partial charge < -0.3 is 5.73 Å². The van der Waals surface area contributed by atoms with Gasteiger partial charge in [-0.2, -0.15) is 5.11 Å². The Kier molecular flexibility index (Phi) is 3.52. The summed E-state index contributed by atoms with van der Waals surface area (Å²) < 4.78 is 0. The quantitative estimate of drug-likeness (QED) is 0.642. The van der Waals surface area contributed by atoms with E-state index in [1.807, 2.05) is 30.3 Å². The Hall–Kier alpha value is -2.14. The highest BCUT2D eigenvalue weighted by atomic mass is 35.5. The molecule has 0 aliphatic heterocycles. The van der Waals surface area contributed by atoms with E-state index in [1.165, 1.54) is 0 Å². The van der Waals surface area contributed by atoms with Gasteiger partial charge in [0.15, 0.2) is 5.82 Å². The summed E-state index contributed by atoms with van der Waals surface area (Å²) in [5.74, 6) is 0.748. The molecule has 0 atom stereocenters. The van der Waals surface area contributed by atoms with Crippen LogP contribution in [-0.4, -0.2) is 4.98 Å². The second-order valence-corrected chi connectivity index (χ2v) is 3.42. The van der Waals surface area contributed by atoms with Crippen molar-refractivity contribution < 1.29 is 0 Å². The summed E-state index contributed by atoms with van der Waals surface area (Å²) in [5.41, 5.74) is 6.96. The molecule has 2 aromatic rings. The lowest BCUT2D eigenvalue weighted by Crippen LogP contribution is -1.93. The van der Waals surface area contributed by atoms with Crippen LogP contribution >= 0.6 is 11.8 Å². The molecule has 86 valence electrons. The molecule has 1 aromatic carbocycles. The molecule has 3 N–H and O–H groups in total. The summed E-state index contributed by atoms with van der Waals surface area (Å²) in [6.07, 6.45) is 0. The fourth-order valence-electron chi connectivity index (χ4n) is 1.21. The normalized spacial score (nSPS) is 10.6. The zero-order chi connectivity index (χ0) is 12.1. The number of nitrogens with zero attached hydrogens (tertiary/aromatic N) is 3. The number of nitrogens with one attached hydrogen (secondary N) is 1.